The number of ether oxygens (including phenoxy) is 2. The van der Waals surface area contributed by atoms with Crippen molar-refractivity contribution < 1.29 is 19.1 Å². The first kappa shape index (κ1) is 16.3. The summed E-state index contributed by atoms with van der Waals surface area (Å²) in [5, 5.41) is 0. The Hall–Kier alpha value is -1.06. The van der Waals surface area contributed by atoms with Crippen LogP contribution in [0.2, 0.25) is 0 Å². The molecule has 3 fully saturated rings. The van der Waals surface area contributed by atoms with Gasteiger partial charge in [0.15, 0.2) is 0 Å². The second-order valence-corrected chi connectivity index (χ2v) is 7.56. The maximum absolute atomic E-state index is 11.2. The van der Waals surface area contributed by atoms with Gasteiger partial charge in [-0.1, -0.05) is 20.3 Å². The SMILES string of the molecule is CC1CC(C)(C)OC1=O.CC1CC2(CCCCC2)OC1=O. The fraction of sp³-hybridized carbons (Fsp3) is 0.882. The van der Waals surface area contributed by atoms with E-state index in [0.717, 1.165) is 25.7 Å². The van der Waals surface area contributed by atoms with E-state index < -0.39 is 0 Å². The molecule has 4 nitrogen and oxygen atoms in total. The molecule has 0 amide bonds. The molecule has 2 saturated heterocycles. The van der Waals surface area contributed by atoms with E-state index in [9.17, 15) is 9.59 Å². The van der Waals surface area contributed by atoms with Crippen LogP contribution in [-0.4, -0.2) is 23.1 Å². The maximum atomic E-state index is 11.2. The molecule has 2 heterocycles. The van der Waals surface area contributed by atoms with Gasteiger partial charge in [-0.3, -0.25) is 9.59 Å². The van der Waals surface area contributed by atoms with Crippen molar-refractivity contribution in [1.29, 1.82) is 0 Å². The molecule has 0 N–H and O–H groups in total. The lowest BCUT2D eigenvalue weighted by Gasteiger charge is -2.31. The standard InChI is InChI=1S/C10H16O2.C7H12O2/c1-8-7-10(12-9(8)11)5-3-2-4-6-10;1-5-4-7(2,3)9-6(5)8/h8H,2-7H2,1H3;5H,4H2,1-3H3. The third kappa shape index (κ3) is 3.98. The zero-order valence-electron chi connectivity index (χ0n) is 13.7. The first-order valence-electron chi connectivity index (χ1n) is 8.19. The Morgan fingerprint density at radius 3 is 1.71 bits per heavy atom. The smallest absolute Gasteiger partial charge is 0.309 e. The number of rotatable bonds is 0. The summed E-state index contributed by atoms with van der Waals surface area (Å²) in [6.07, 6.45) is 7.80. The van der Waals surface area contributed by atoms with Gasteiger partial charge < -0.3 is 9.47 Å². The van der Waals surface area contributed by atoms with Gasteiger partial charge >= 0.3 is 11.9 Å². The zero-order chi connectivity index (χ0) is 15.7. The second kappa shape index (κ2) is 5.98. The monoisotopic (exact) mass is 296 g/mol. The number of carbonyl (C=O) groups excluding carboxylic acids is 2. The van der Waals surface area contributed by atoms with Crippen LogP contribution in [0, 0.1) is 11.8 Å². The van der Waals surface area contributed by atoms with Gasteiger partial charge in [-0.25, -0.2) is 0 Å². The number of esters is 2. The van der Waals surface area contributed by atoms with Crippen LogP contribution >= 0.6 is 0 Å². The molecule has 0 aromatic carbocycles. The van der Waals surface area contributed by atoms with E-state index >= 15 is 0 Å². The first-order valence-corrected chi connectivity index (χ1v) is 8.19. The number of carbonyl (C=O) groups is 2. The van der Waals surface area contributed by atoms with Crippen molar-refractivity contribution in [2.45, 2.75) is 83.8 Å². The Balaban J connectivity index is 0.000000161. The van der Waals surface area contributed by atoms with Gasteiger partial charge in [0.2, 0.25) is 0 Å². The molecule has 3 aliphatic rings. The average molecular weight is 296 g/mol. The third-order valence-corrected chi connectivity index (χ3v) is 4.74. The van der Waals surface area contributed by atoms with Gasteiger partial charge in [0, 0.05) is 6.42 Å². The lowest BCUT2D eigenvalue weighted by molar-refractivity contribution is -0.152. The van der Waals surface area contributed by atoms with Crippen molar-refractivity contribution in [3.05, 3.63) is 0 Å². The number of hydrogen-bond acceptors (Lipinski definition) is 4. The summed E-state index contributed by atoms with van der Waals surface area (Å²) in [5.74, 6) is 0.208. The summed E-state index contributed by atoms with van der Waals surface area (Å²) < 4.78 is 10.5. The van der Waals surface area contributed by atoms with Crippen LogP contribution in [0.5, 0.6) is 0 Å². The molecule has 0 aromatic rings. The number of cyclic esters (lactones) is 1. The van der Waals surface area contributed by atoms with E-state index in [1.165, 1.54) is 19.3 Å². The zero-order valence-corrected chi connectivity index (χ0v) is 13.7. The highest BCUT2D eigenvalue weighted by atomic mass is 16.6. The van der Waals surface area contributed by atoms with Crippen molar-refractivity contribution in [3.63, 3.8) is 0 Å². The van der Waals surface area contributed by atoms with Crippen molar-refractivity contribution in [1.82, 2.24) is 0 Å². The van der Waals surface area contributed by atoms with Crippen molar-refractivity contribution >= 4 is 11.9 Å². The highest BCUT2D eigenvalue weighted by Gasteiger charge is 2.44. The van der Waals surface area contributed by atoms with Crippen molar-refractivity contribution in [3.8, 4) is 0 Å². The lowest BCUT2D eigenvalue weighted by Crippen LogP contribution is -2.30. The first-order chi connectivity index (χ1) is 9.73. The Morgan fingerprint density at radius 2 is 1.38 bits per heavy atom. The molecule has 120 valence electrons. The molecular weight excluding hydrogens is 268 g/mol. The molecule has 0 aromatic heterocycles. The Morgan fingerprint density at radius 1 is 0.857 bits per heavy atom. The molecular formula is C17H28O4. The van der Waals surface area contributed by atoms with E-state index in [4.69, 9.17) is 9.47 Å². The van der Waals surface area contributed by atoms with E-state index in [2.05, 4.69) is 0 Å². The molecule has 21 heavy (non-hydrogen) atoms. The Kier molecular flexibility index (Phi) is 4.64. The summed E-state index contributed by atoms with van der Waals surface area (Å²) in [7, 11) is 0. The van der Waals surface area contributed by atoms with Crippen LogP contribution in [0.25, 0.3) is 0 Å². The van der Waals surface area contributed by atoms with Crippen LogP contribution in [0.4, 0.5) is 0 Å². The molecule has 1 aliphatic carbocycles. The molecule has 0 bridgehead atoms. The predicted octanol–water partition coefficient (Wildman–Crippen LogP) is 3.62. The van der Waals surface area contributed by atoms with E-state index in [1.54, 1.807) is 0 Å². The van der Waals surface area contributed by atoms with Crippen molar-refractivity contribution in [2.75, 3.05) is 0 Å². The summed E-state index contributed by atoms with van der Waals surface area (Å²) in [6, 6.07) is 0. The highest BCUT2D eigenvalue weighted by Crippen LogP contribution is 2.41. The molecule has 3 rings (SSSR count). The minimum absolute atomic E-state index is 0.0249. The van der Waals surface area contributed by atoms with Crippen LogP contribution in [0.1, 0.15) is 72.6 Å². The van der Waals surface area contributed by atoms with Gasteiger partial charge in [-0.05, 0) is 46.0 Å². The van der Waals surface area contributed by atoms with Gasteiger partial charge in [-0.2, -0.15) is 0 Å². The van der Waals surface area contributed by atoms with Gasteiger partial charge in [0.25, 0.3) is 0 Å². The largest absolute Gasteiger partial charge is 0.459 e. The predicted molar refractivity (Wildman–Crippen MR) is 79.6 cm³/mol. The summed E-state index contributed by atoms with van der Waals surface area (Å²) in [6.45, 7) is 7.76. The van der Waals surface area contributed by atoms with Crippen LogP contribution in [-0.2, 0) is 19.1 Å². The summed E-state index contributed by atoms with van der Waals surface area (Å²) in [4.78, 5) is 22.0. The molecule has 0 radical (unpaired) electrons. The molecule has 4 heteroatoms. The summed E-state index contributed by atoms with van der Waals surface area (Å²) in [5.41, 5.74) is -0.245. The topological polar surface area (TPSA) is 52.6 Å². The maximum Gasteiger partial charge on any atom is 0.309 e. The lowest BCUT2D eigenvalue weighted by atomic mass is 9.81. The Labute approximate surface area is 127 Å². The normalized spacial score (nSPS) is 33.1. The quantitative estimate of drug-likeness (QED) is 0.641. The van der Waals surface area contributed by atoms with E-state index in [0.29, 0.717) is 0 Å². The van der Waals surface area contributed by atoms with E-state index in [1.807, 2.05) is 27.7 Å². The molecule has 2 aliphatic heterocycles. The van der Waals surface area contributed by atoms with Gasteiger partial charge in [0.05, 0.1) is 11.8 Å². The minimum Gasteiger partial charge on any atom is -0.459 e. The van der Waals surface area contributed by atoms with Crippen LogP contribution < -0.4 is 0 Å². The molecule has 1 spiro atoms. The fourth-order valence-corrected chi connectivity index (χ4v) is 3.73. The molecule has 2 atom stereocenters. The van der Waals surface area contributed by atoms with Gasteiger partial charge in [-0.15, -0.1) is 0 Å². The van der Waals surface area contributed by atoms with Crippen LogP contribution in [0.3, 0.4) is 0 Å². The Bertz CT molecular complexity index is 407. The number of hydrogen-bond donors (Lipinski definition) is 0. The van der Waals surface area contributed by atoms with Gasteiger partial charge in [0.1, 0.15) is 11.2 Å². The fourth-order valence-electron chi connectivity index (χ4n) is 3.73. The molecule has 2 unspecified atom stereocenters. The van der Waals surface area contributed by atoms with E-state index in [-0.39, 0.29) is 35.0 Å². The third-order valence-electron chi connectivity index (χ3n) is 4.74. The van der Waals surface area contributed by atoms with Crippen molar-refractivity contribution in [2.24, 2.45) is 11.8 Å². The average Bonchev–Trinajstić information content (AvgIpc) is 2.77. The van der Waals surface area contributed by atoms with Crippen LogP contribution in [0.15, 0.2) is 0 Å². The summed E-state index contributed by atoms with van der Waals surface area (Å²) >= 11 is 0. The second-order valence-electron chi connectivity index (χ2n) is 7.56. The highest BCUT2D eigenvalue weighted by molar-refractivity contribution is 5.75. The minimum atomic E-state index is -0.212. The molecule has 1 saturated carbocycles.